The minimum absolute atomic E-state index is 0.0153. The quantitative estimate of drug-likeness (QED) is 0.517. The molecule has 2 saturated heterocycles. The Labute approximate surface area is 183 Å². The second-order valence-electron chi connectivity index (χ2n) is 8.56. The minimum Gasteiger partial charge on any atom is -0.379 e. The average molecular weight is 441 g/mol. The number of benzene rings is 1. The van der Waals surface area contributed by atoms with Crippen molar-refractivity contribution in [1.29, 1.82) is 0 Å². The summed E-state index contributed by atoms with van der Waals surface area (Å²) in [6.45, 7) is 12.2. The zero-order chi connectivity index (χ0) is 22.3. The smallest absolute Gasteiger partial charge is 0.379 e. The van der Waals surface area contributed by atoms with E-state index < -0.39 is 11.7 Å². The molecular formula is C23H35F3N4O. The van der Waals surface area contributed by atoms with Gasteiger partial charge in [0.05, 0.1) is 18.8 Å². The number of morpholine rings is 1. The lowest BCUT2D eigenvalue weighted by atomic mass is 9.96. The predicted molar refractivity (Wildman–Crippen MR) is 117 cm³/mol. The fourth-order valence-electron chi connectivity index (χ4n) is 4.30. The van der Waals surface area contributed by atoms with E-state index in [2.05, 4.69) is 22.0 Å². The van der Waals surface area contributed by atoms with Gasteiger partial charge in [-0.3, -0.25) is 9.89 Å². The van der Waals surface area contributed by atoms with Crippen LogP contribution < -0.4 is 5.32 Å². The Morgan fingerprint density at radius 3 is 2.74 bits per heavy atom. The molecule has 31 heavy (non-hydrogen) atoms. The number of ether oxygens (including phenoxy) is 1. The van der Waals surface area contributed by atoms with Crippen molar-refractivity contribution in [2.45, 2.75) is 38.8 Å². The lowest BCUT2D eigenvalue weighted by Crippen LogP contribution is -2.42. The first-order valence-corrected chi connectivity index (χ1v) is 11.4. The Kier molecular flexibility index (Phi) is 8.60. The molecule has 0 aromatic heterocycles. The molecule has 0 aliphatic carbocycles. The summed E-state index contributed by atoms with van der Waals surface area (Å²) < 4.78 is 44.4. The molecule has 2 aliphatic heterocycles. The van der Waals surface area contributed by atoms with Gasteiger partial charge in [0.15, 0.2) is 5.96 Å². The molecule has 8 heteroatoms. The highest BCUT2D eigenvalue weighted by Crippen LogP contribution is 2.31. The highest BCUT2D eigenvalue weighted by atomic mass is 19.4. The summed E-state index contributed by atoms with van der Waals surface area (Å²) >= 11 is 0. The Morgan fingerprint density at radius 2 is 2.03 bits per heavy atom. The third-order valence-corrected chi connectivity index (χ3v) is 6.15. The molecule has 2 atom stereocenters. The maximum Gasteiger partial charge on any atom is 0.416 e. The summed E-state index contributed by atoms with van der Waals surface area (Å²) in [5.41, 5.74) is 0.124. The number of guanidine groups is 1. The molecule has 0 bridgehead atoms. The summed E-state index contributed by atoms with van der Waals surface area (Å²) in [6.07, 6.45) is -2.44. The zero-order valence-electron chi connectivity index (χ0n) is 18.6. The van der Waals surface area contributed by atoms with E-state index in [0.717, 1.165) is 70.9 Å². The summed E-state index contributed by atoms with van der Waals surface area (Å²) in [6, 6.07) is 5.64. The Morgan fingerprint density at radius 1 is 1.26 bits per heavy atom. The van der Waals surface area contributed by atoms with Crippen LogP contribution in [0.15, 0.2) is 29.3 Å². The highest BCUT2D eigenvalue weighted by Gasteiger charge is 2.31. The normalized spacial score (nSPS) is 22.0. The molecule has 1 aromatic rings. The van der Waals surface area contributed by atoms with E-state index in [9.17, 15) is 13.2 Å². The fourth-order valence-corrected chi connectivity index (χ4v) is 4.30. The molecule has 0 amide bonds. The first-order valence-electron chi connectivity index (χ1n) is 11.4. The van der Waals surface area contributed by atoms with Gasteiger partial charge in [-0.25, -0.2) is 0 Å². The van der Waals surface area contributed by atoms with Gasteiger partial charge in [0.25, 0.3) is 0 Å². The lowest BCUT2D eigenvalue weighted by Gasteiger charge is -2.29. The molecule has 0 radical (unpaired) electrons. The molecule has 3 rings (SSSR count). The molecule has 174 valence electrons. The van der Waals surface area contributed by atoms with Gasteiger partial charge in [-0.2, -0.15) is 13.2 Å². The van der Waals surface area contributed by atoms with Crippen LogP contribution in [0.5, 0.6) is 0 Å². The summed E-state index contributed by atoms with van der Waals surface area (Å²) in [7, 11) is 0. The van der Waals surface area contributed by atoms with Gasteiger partial charge in [0.2, 0.25) is 0 Å². The SMILES string of the molecule is CCNC(=NCCC(C)c1cccc(C(F)(F)F)c1)N1CCC(CN2CCOCC2)C1. The topological polar surface area (TPSA) is 40.1 Å². The van der Waals surface area contributed by atoms with Crippen molar-refractivity contribution in [2.75, 3.05) is 59.0 Å². The van der Waals surface area contributed by atoms with Crippen LogP contribution in [0, 0.1) is 5.92 Å². The number of alkyl halides is 3. The summed E-state index contributed by atoms with van der Waals surface area (Å²) in [5, 5.41) is 3.38. The lowest BCUT2D eigenvalue weighted by molar-refractivity contribution is -0.137. The monoisotopic (exact) mass is 440 g/mol. The number of nitrogens with zero attached hydrogens (tertiary/aromatic N) is 3. The van der Waals surface area contributed by atoms with Gasteiger partial charge in [-0.05, 0) is 43.2 Å². The van der Waals surface area contributed by atoms with Crippen LogP contribution in [0.1, 0.15) is 43.7 Å². The van der Waals surface area contributed by atoms with E-state index in [-0.39, 0.29) is 5.92 Å². The first kappa shape index (κ1) is 23.9. The number of nitrogens with one attached hydrogen (secondary N) is 1. The third kappa shape index (κ3) is 7.10. The van der Waals surface area contributed by atoms with Gasteiger partial charge in [0.1, 0.15) is 0 Å². The van der Waals surface area contributed by atoms with Crippen LogP contribution in [-0.4, -0.2) is 74.8 Å². The third-order valence-electron chi connectivity index (χ3n) is 6.15. The van der Waals surface area contributed by atoms with Crippen LogP contribution in [0.2, 0.25) is 0 Å². The van der Waals surface area contributed by atoms with Crippen molar-refractivity contribution in [3.8, 4) is 0 Å². The molecular weight excluding hydrogens is 405 g/mol. The van der Waals surface area contributed by atoms with Gasteiger partial charge >= 0.3 is 6.18 Å². The number of likely N-dealkylation sites (tertiary alicyclic amines) is 1. The maximum atomic E-state index is 13.0. The second-order valence-corrected chi connectivity index (χ2v) is 8.56. The van der Waals surface area contributed by atoms with Crippen molar-refractivity contribution in [3.05, 3.63) is 35.4 Å². The molecule has 1 aromatic carbocycles. The van der Waals surface area contributed by atoms with E-state index in [1.54, 1.807) is 6.07 Å². The summed E-state index contributed by atoms with van der Waals surface area (Å²) in [5.74, 6) is 1.57. The van der Waals surface area contributed by atoms with Crippen LogP contribution in [0.3, 0.4) is 0 Å². The van der Waals surface area contributed by atoms with Gasteiger partial charge in [-0.15, -0.1) is 0 Å². The largest absolute Gasteiger partial charge is 0.416 e. The van der Waals surface area contributed by atoms with Crippen molar-refractivity contribution >= 4 is 5.96 Å². The molecule has 0 spiro atoms. The van der Waals surface area contributed by atoms with Crippen molar-refractivity contribution < 1.29 is 17.9 Å². The van der Waals surface area contributed by atoms with E-state index in [4.69, 9.17) is 9.73 Å². The first-order chi connectivity index (χ1) is 14.9. The van der Waals surface area contributed by atoms with Crippen LogP contribution in [0.4, 0.5) is 13.2 Å². The second kappa shape index (κ2) is 11.2. The Hall–Kier alpha value is -1.80. The summed E-state index contributed by atoms with van der Waals surface area (Å²) in [4.78, 5) is 9.60. The fraction of sp³-hybridized carbons (Fsp3) is 0.696. The number of halogens is 3. The van der Waals surface area contributed by atoms with Crippen LogP contribution >= 0.6 is 0 Å². The van der Waals surface area contributed by atoms with E-state index in [1.165, 1.54) is 12.1 Å². The van der Waals surface area contributed by atoms with Crippen LogP contribution in [-0.2, 0) is 10.9 Å². The van der Waals surface area contributed by atoms with Gasteiger partial charge in [0, 0.05) is 45.8 Å². The van der Waals surface area contributed by atoms with Gasteiger partial charge < -0.3 is 15.0 Å². The number of aliphatic imine (C=N–C) groups is 1. The molecule has 1 N–H and O–H groups in total. The molecule has 2 fully saturated rings. The van der Waals surface area contributed by atoms with E-state index >= 15 is 0 Å². The number of hydrogen-bond donors (Lipinski definition) is 1. The minimum atomic E-state index is -4.31. The Bertz CT molecular complexity index is 719. The van der Waals surface area contributed by atoms with Crippen molar-refractivity contribution in [2.24, 2.45) is 10.9 Å². The predicted octanol–water partition coefficient (Wildman–Crippen LogP) is 3.82. The maximum absolute atomic E-state index is 13.0. The Balaban J connectivity index is 1.52. The average Bonchev–Trinajstić information content (AvgIpc) is 3.21. The molecule has 2 unspecified atom stereocenters. The van der Waals surface area contributed by atoms with E-state index in [0.29, 0.717) is 24.4 Å². The highest BCUT2D eigenvalue weighted by molar-refractivity contribution is 5.80. The molecule has 0 saturated carbocycles. The molecule has 5 nitrogen and oxygen atoms in total. The molecule has 2 aliphatic rings. The molecule has 2 heterocycles. The van der Waals surface area contributed by atoms with Crippen LogP contribution in [0.25, 0.3) is 0 Å². The number of rotatable bonds is 7. The standard InChI is InChI=1S/C23H35F3N4O/c1-3-27-22(30-10-8-19(17-30)16-29-11-13-31-14-12-29)28-9-7-18(2)20-5-4-6-21(15-20)23(24,25)26/h4-6,15,18-19H,3,7-14,16-17H2,1-2H3,(H,27,28). The van der Waals surface area contributed by atoms with Crippen molar-refractivity contribution in [1.82, 2.24) is 15.1 Å². The number of hydrogen-bond acceptors (Lipinski definition) is 3. The zero-order valence-corrected chi connectivity index (χ0v) is 18.6. The van der Waals surface area contributed by atoms with E-state index in [1.807, 2.05) is 6.92 Å². The van der Waals surface area contributed by atoms with Gasteiger partial charge in [-0.1, -0.05) is 25.1 Å². The van der Waals surface area contributed by atoms with Crippen molar-refractivity contribution in [3.63, 3.8) is 0 Å².